The molecule has 1 aromatic carbocycles. The summed E-state index contributed by atoms with van der Waals surface area (Å²) in [6, 6.07) is 3.33. The molecule has 5 rings (SSSR count). The fourth-order valence-corrected chi connectivity index (χ4v) is 5.87. The molecule has 4 aliphatic rings. The first-order chi connectivity index (χ1) is 13.5. The molecule has 28 heavy (non-hydrogen) atoms. The van der Waals surface area contributed by atoms with E-state index in [0.29, 0.717) is 17.2 Å². The topological polar surface area (TPSA) is 81.2 Å². The van der Waals surface area contributed by atoms with E-state index in [9.17, 15) is 4.79 Å². The van der Waals surface area contributed by atoms with Gasteiger partial charge in [-0.2, -0.15) is 5.10 Å². The molecule has 0 atom stereocenters. The van der Waals surface area contributed by atoms with Gasteiger partial charge in [-0.15, -0.1) is 0 Å². The zero-order chi connectivity index (χ0) is 19.7. The third-order valence-corrected chi connectivity index (χ3v) is 6.48. The van der Waals surface area contributed by atoms with Gasteiger partial charge in [-0.05, 0) is 68.4 Å². The van der Waals surface area contributed by atoms with Crippen molar-refractivity contribution in [3.63, 3.8) is 0 Å². The molecule has 152 valence electrons. The number of ether oxygens (including phenoxy) is 3. The van der Waals surface area contributed by atoms with Crippen molar-refractivity contribution in [3.05, 3.63) is 17.7 Å². The molecule has 7 nitrogen and oxygen atoms in total. The molecular weight excluding hydrogens is 358 g/mol. The number of methoxy groups -OCH3 is 3. The maximum atomic E-state index is 12.5. The molecule has 0 unspecified atom stereocenters. The van der Waals surface area contributed by atoms with Gasteiger partial charge in [0.05, 0.1) is 27.5 Å². The summed E-state index contributed by atoms with van der Waals surface area (Å²) >= 11 is 0. The quantitative estimate of drug-likeness (QED) is 0.580. The Morgan fingerprint density at radius 3 is 2.00 bits per heavy atom. The standard InChI is InChI=1S/C21H29N3O4/c1-26-17-7-16(8-18(27-2)19(17)28-3)12-22-24-20(25)23-21-9-13-4-14(10-21)6-15(5-13)11-21/h7-8,12-15H,4-6,9-11H2,1-3H3,(H2,23,24,25)/b22-12-. The molecule has 0 radical (unpaired) electrons. The predicted octanol–water partition coefficient (Wildman–Crippen LogP) is 3.31. The van der Waals surface area contributed by atoms with Crippen molar-refractivity contribution in [2.45, 2.75) is 44.1 Å². The lowest BCUT2D eigenvalue weighted by molar-refractivity contribution is -0.0135. The lowest BCUT2D eigenvalue weighted by atomic mass is 9.53. The van der Waals surface area contributed by atoms with E-state index < -0.39 is 0 Å². The van der Waals surface area contributed by atoms with E-state index in [1.54, 1.807) is 39.7 Å². The van der Waals surface area contributed by atoms with E-state index in [4.69, 9.17) is 14.2 Å². The van der Waals surface area contributed by atoms with E-state index >= 15 is 0 Å². The van der Waals surface area contributed by atoms with Crippen LogP contribution in [0.4, 0.5) is 4.79 Å². The van der Waals surface area contributed by atoms with Crippen molar-refractivity contribution in [3.8, 4) is 17.2 Å². The van der Waals surface area contributed by atoms with Crippen LogP contribution in [-0.4, -0.2) is 39.1 Å². The fourth-order valence-electron chi connectivity index (χ4n) is 5.87. The highest BCUT2D eigenvalue weighted by molar-refractivity contribution is 5.84. The summed E-state index contributed by atoms with van der Waals surface area (Å²) in [7, 11) is 4.69. The van der Waals surface area contributed by atoms with Gasteiger partial charge < -0.3 is 19.5 Å². The first-order valence-electron chi connectivity index (χ1n) is 9.95. The molecule has 4 fully saturated rings. The number of carbonyl (C=O) groups excluding carboxylic acids is 1. The van der Waals surface area contributed by atoms with E-state index in [1.807, 2.05) is 0 Å². The molecule has 0 saturated heterocycles. The number of carbonyl (C=O) groups is 1. The van der Waals surface area contributed by atoms with Gasteiger partial charge in [-0.3, -0.25) is 0 Å². The van der Waals surface area contributed by atoms with Crippen LogP contribution in [0.5, 0.6) is 17.2 Å². The number of hydrazone groups is 1. The normalized spacial score (nSPS) is 30.3. The molecule has 0 aliphatic heterocycles. The van der Waals surface area contributed by atoms with Crippen molar-refractivity contribution in [2.24, 2.45) is 22.9 Å². The third kappa shape index (κ3) is 3.62. The van der Waals surface area contributed by atoms with Crippen molar-refractivity contribution in [2.75, 3.05) is 21.3 Å². The van der Waals surface area contributed by atoms with Crippen LogP contribution in [0.25, 0.3) is 0 Å². The second-order valence-corrected chi connectivity index (χ2v) is 8.48. The molecule has 0 heterocycles. The molecule has 4 saturated carbocycles. The molecule has 2 N–H and O–H groups in total. The highest BCUT2D eigenvalue weighted by Crippen LogP contribution is 2.55. The average molecular weight is 387 g/mol. The van der Waals surface area contributed by atoms with Crippen LogP contribution in [0.1, 0.15) is 44.1 Å². The first-order valence-corrected chi connectivity index (χ1v) is 9.95. The number of hydrogen-bond acceptors (Lipinski definition) is 5. The Morgan fingerprint density at radius 1 is 1.00 bits per heavy atom. The number of urea groups is 1. The summed E-state index contributed by atoms with van der Waals surface area (Å²) in [5.74, 6) is 3.97. The molecule has 0 spiro atoms. The smallest absolute Gasteiger partial charge is 0.335 e. The number of rotatable bonds is 6. The van der Waals surface area contributed by atoms with Crippen molar-refractivity contribution >= 4 is 12.2 Å². The predicted molar refractivity (Wildman–Crippen MR) is 106 cm³/mol. The highest BCUT2D eigenvalue weighted by atomic mass is 16.5. The van der Waals surface area contributed by atoms with Crippen LogP contribution in [-0.2, 0) is 0 Å². The zero-order valence-electron chi connectivity index (χ0n) is 16.8. The summed E-state index contributed by atoms with van der Waals surface area (Å²) in [5, 5.41) is 7.35. The highest BCUT2D eigenvalue weighted by Gasteiger charge is 2.51. The summed E-state index contributed by atoms with van der Waals surface area (Å²) in [5.41, 5.74) is 3.33. The second kappa shape index (κ2) is 7.53. The maximum Gasteiger partial charge on any atom is 0.335 e. The van der Waals surface area contributed by atoms with Gasteiger partial charge in [0.15, 0.2) is 11.5 Å². The van der Waals surface area contributed by atoms with Crippen molar-refractivity contribution < 1.29 is 19.0 Å². The Hall–Kier alpha value is -2.44. The number of benzene rings is 1. The summed E-state index contributed by atoms with van der Waals surface area (Å²) < 4.78 is 16.0. The van der Waals surface area contributed by atoms with Crippen LogP contribution in [0.2, 0.25) is 0 Å². The molecule has 4 aliphatic carbocycles. The maximum absolute atomic E-state index is 12.5. The summed E-state index contributed by atoms with van der Waals surface area (Å²) in [4.78, 5) is 12.5. The average Bonchev–Trinajstić information content (AvgIpc) is 2.65. The van der Waals surface area contributed by atoms with Gasteiger partial charge >= 0.3 is 6.03 Å². The zero-order valence-corrected chi connectivity index (χ0v) is 16.8. The van der Waals surface area contributed by atoms with Gasteiger partial charge in [-0.1, -0.05) is 0 Å². The van der Waals surface area contributed by atoms with Gasteiger partial charge in [-0.25, -0.2) is 10.2 Å². The summed E-state index contributed by atoms with van der Waals surface area (Å²) in [6.07, 6.45) is 8.96. The van der Waals surface area contributed by atoms with Gasteiger partial charge in [0, 0.05) is 11.1 Å². The van der Waals surface area contributed by atoms with Crippen LogP contribution >= 0.6 is 0 Å². The minimum absolute atomic E-state index is 0.0269. The number of nitrogens with one attached hydrogen (secondary N) is 2. The van der Waals surface area contributed by atoms with E-state index in [0.717, 1.165) is 42.6 Å². The number of hydrogen-bond donors (Lipinski definition) is 2. The summed E-state index contributed by atoms with van der Waals surface area (Å²) in [6.45, 7) is 0. The van der Waals surface area contributed by atoms with E-state index in [-0.39, 0.29) is 11.6 Å². The Kier molecular flexibility index (Phi) is 5.08. The van der Waals surface area contributed by atoms with E-state index in [2.05, 4.69) is 15.8 Å². The van der Waals surface area contributed by atoms with Gasteiger partial charge in [0.1, 0.15) is 0 Å². The van der Waals surface area contributed by atoms with Crippen molar-refractivity contribution in [1.29, 1.82) is 0 Å². The lowest BCUT2D eigenvalue weighted by Gasteiger charge is -2.56. The van der Waals surface area contributed by atoms with E-state index in [1.165, 1.54) is 19.3 Å². The molecule has 4 bridgehead atoms. The minimum Gasteiger partial charge on any atom is -0.493 e. The Bertz CT molecular complexity index is 717. The number of amides is 2. The third-order valence-electron chi connectivity index (χ3n) is 6.48. The Morgan fingerprint density at radius 2 is 1.54 bits per heavy atom. The van der Waals surface area contributed by atoms with Crippen LogP contribution in [0, 0.1) is 17.8 Å². The van der Waals surface area contributed by atoms with Gasteiger partial charge in [0.25, 0.3) is 0 Å². The fraction of sp³-hybridized carbons (Fsp3) is 0.619. The Labute approximate surface area is 165 Å². The van der Waals surface area contributed by atoms with Crippen LogP contribution < -0.4 is 25.0 Å². The Balaban J connectivity index is 1.39. The first kappa shape index (κ1) is 18.9. The number of nitrogens with zero attached hydrogens (tertiary/aromatic N) is 1. The second-order valence-electron chi connectivity index (χ2n) is 8.48. The largest absolute Gasteiger partial charge is 0.493 e. The van der Waals surface area contributed by atoms with Crippen LogP contribution in [0.3, 0.4) is 0 Å². The molecule has 2 amide bonds. The molecule has 0 aromatic heterocycles. The monoisotopic (exact) mass is 387 g/mol. The SMILES string of the molecule is COc1cc(/C=N\NC(=O)NC23CC4CC(CC(C4)C2)C3)cc(OC)c1OC. The molecule has 7 heteroatoms. The molecular formula is C21H29N3O4. The van der Waals surface area contributed by atoms with Gasteiger partial charge in [0.2, 0.25) is 5.75 Å². The van der Waals surface area contributed by atoms with Crippen LogP contribution in [0.15, 0.2) is 17.2 Å². The lowest BCUT2D eigenvalue weighted by Crippen LogP contribution is -2.61. The minimum atomic E-state index is -0.231. The molecule has 1 aromatic rings. The van der Waals surface area contributed by atoms with Crippen molar-refractivity contribution in [1.82, 2.24) is 10.7 Å².